The normalized spacial score (nSPS) is 14.2. The molecular weight excluding hydrogens is 366 g/mol. The Balaban J connectivity index is 1.55. The van der Waals surface area contributed by atoms with Crippen molar-refractivity contribution in [2.75, 3.05) is 16.9 Å². The molecule has 0 radical (unpaired) electrons. The summed E-state index contributed by atoms with van der Waals surface area (Å²) in [5, 5.41) is 3.22. The molecule has 0 amide bonds. The minimum Gasteiger partial charge on any atom is -0.363 e. The van der Waals surface area contributed by atoms with Crippen LogP contribution in [0.3, 0.4) is 0 Å². The number of anilines is 2. The molecule has 0 aliphatic carbocycles. The lowest BCUT2D eigenvalue weighted by molar-refractivity contribution is 0.593. The number of nitrogens with zero attached hydrogens (tertiary/aromatic N) is 7. The van der Waals surface area contributed by atoms with E-state index in [4.69, 9.17) is 0 Å². The summed E-state index contributed by atoms with van der Waals surface area (Å²) < 4.78 is 28.4. The molecule has 0 bridgehead atoms. The molecule has 0 spiro atoms. The number of hydrogen-bond acceptors (Lipinski definition) is 7. The molecule has 10 heteroatoms. The fraction of sp³-hybridized carbons (Fsp3) is 0.167. The van der Waals surface area contributed by atoms with E-state index in [2.05, 4.69) is 30.2 Å². The predicted molar refractivity (Wildman–Crippen MR) is 97.5 cm³/mol. The molecule has 8 nitrogen and oxygen atoms in total. The Morgan fingerprint density at radius 2 is 1.82 bits per heavy atom. The van der Waals surface area contributed by atoms with Crippen molar-refractivity contribution in [3.8, 4) is 11.5 Å². The number of rotatable bonds is 3. The SMILES string of the molecule is CC(c1ncc(F)cn1)N1CNc2cnc(-c3cnc4ccc(F)cn34)nc21. The molecule has 1 atom stereocenters. The van der Waals surface area contributed by atoms with E-state index in [-0.39, 0.29) is 11.9 Å². The van der Waals surface area contributed by atoms with Gasteiger partial charge in [0.2, 0.25) is 0 Å². The van der Waals surface area contributed by atoms with Crippen LogP contribution in [0.25, 0.3) is 17.2 Å². The van der Waals surface area contributed by atoms with Crippen molar-refractivity contribution in [2.24, 2.45) is 0 Å². The van der Waals surface area contributed by atoms with Crippen molar-refractivity contribution in [3.05, 3.63) is 60.6 Å². The molecule has 0 aromatic carbocycles. The maximum absolute atomic E-state index is 13.7. The first-order valence-corrected chi connectivity index (χ1v) is 8.58. The Labute approximate surface area is 157 Å². The fourth-order valence-corrected chi connectivity index (χ4v) is 3.20. The first kappa shape index (κ1) is 16.5. The van der Waals surface area contributed by atoms with Gasteiger partial charge in [-0.1, -0.05) is 0 Å². The van der Waals surface area contributed by atoms with Crippen LogP contribution in [0.1, 0.15) is 18.8 Å². The third-order valence-electron chi connectivity index (χ3n) is 4.66. The third-order valence-corrected chi connectivity index (χ3v) is 4.66. The van der Waals surface area contributed by atoms with Crippen molar-refractivity contribution in [3.63, 3.8) is 0 Å². The summed E-state index contributed by atoms with van der Waals surface area (Å²) >= 11 is 0. The van der Waals surface area contributed by atoms with E-state index in [1.807, 2.05) is 11.8 Å². The highest BCUT2D eigenvalue weighted by molar-refractivity contribution is 5.73. The molecule has 1 aliphatic rings. The summed E-state index contributed by atoms with van der Waals surface area (Å²) in [7, 11) is 0. The highest BCUT2D eigenvalue weighted by atomic mass is 19.1. The van der Waals surface area contributed by atoms with Gasteiger partial charge in [-0.15, -0.1) is 0 Å². The lowest BCUT2D eigenvalue weighted by atomic mass is 10.2. The zero-order valence-electron chi connectivity index (χ0n) is 14.7. The van der Waals surface area contributed by atoms with Gasteiger partial charge in [0.1, 0.15) is 17.2 Å². The molecule has 140 valence electrons. The number of halogens is 2. The number of pyridine rings is 1. The monoisotopic (exact) mass is 380 g/mol. The lowest BCUT2D eigenvalue weighted by Gasteiger charge is -2.23. The second kappa shape index (κ2) is 6.19. The maximum atomic E-state index is 13.7. The minimum atomic E-state index is -0.486. The fourth-order valence-electron chi connectivity index (χ4n) is 3.20. The lowest BCUT2D eigenvalue weighted by Crippen LogP contribution is -2.28. The van der Waals surface area contributed by atoms with Crippen LogP contribution in [0.2, 0.25) is 0 Å². The van der Waals surface area contributed by atoms with Crippen LogP contribution in [0.5, 0.6) is 0 Å². The van der Waals surface area contributed by atoms with Crippen LogP contribution in [0.15, 0.2) is 43.1 Å². The Morgan fingerprint density at radius 3 is 2.64 bits per heavy atom. The van der Waals surface area contributed by atoms with Gasteiger partial charge in [-0.25, -0.2) is 33.7 Å². The molecule has 5 rings (SSSR count). The molecule has 28 heavy (non-hydrogen) atoms. The van der Waals surface area contributed by atoms with Gasteiger partial charge < -0.3 is 10.2 Å². The Hall–Kier alpha value is -3.69. The van der Waals surface area contributed by atoms with Crippen molar-refractivity contribution in [1.29, 1.82) is 0 Å². The molecule has 5 heterocycles. The molecule has 1 unspecified atom stereocenters. The average molecular weight is 380 g/mol. The minimum absolute atomic E-state index is 0.239. The van der Waals surface area contributed by atoms with Crippen LogP contribution >= 0.6 is 0 Å². The Kier molecular flexibility index (Phi) is 3.64. The zero-order chi connectivity index (χ0) is 19.3. The summed E-state index contributed by atoms with van der Waals surface area (Å²) in [5.74, 6) is 0.696. The van der Waals surface area contributed by atoms with E-state index < -0.39 is 5.82 Å². The molecule has 0 fully saturated rings. The van der Waals surface area contributed by atoms with Gasteiger partial charge in [-0.2, -0.15) is 0 Å². The first-order valence-electron chi connectivity index (χ1n) is 8.58. The quantitative estimate of drug-likeness (QED) is 0.585. The number of fused-ring (bicyclic) bond motifs is 2. The van der Waals surface area contributed by atoms with Crippen molar-refractivity contribution in [1.82, 2.24) is 29.3 Å². The molecule has 0 saturated carbocycles. The number of aromatic nitrogens is 6. The maximum Gasteiger partial charge on any atom is 0.180 e. The van der Waals surface area contributed by atoms with Gasteiger partial charge in [0.05, 0.1) is 43.2 Å². The first-order chi connectivity index (χ1) is 13.6. The second-order valence-corrected chi connectivity index (χ2v) is 6.39. The van der Waals surface area contributed by atoms with Crippen LogP contribution in [-0.4, -0.2) is 36.0 Å². The van der Waals surface area contributed by atoms with Gasteiger partial charge in [0, 0.05) is 6.20 Å². The average Bonchev–Trinajstić information content (AvgIpc) is 3.31. The van der Waals surface area contributed by atoms with E-state index in [9.17, 15) is 8.78 Å². The van der Waals surface area contributed by atoms with Crippen LogP contribution in [0, 0.1) is 11.6 Å². The van der Waals surface area contributed by atoms with E-state index in [0.717, 1.165) is 18.1 Å². The van der Waals surface area contributed by atoms with Gasteiger partial charge in [0.25, 0.3) is 0 Å². The number of imidazole rings is 1. The van der Waals surface area contributed by atoms with E-state index >= 15 is 0 Å². The Morgan fingerprint density at radius 1 is 1.00 bits per heavy atom. The molecule has 1 aliphatic heterocycles. The molecule has 4 aromatic heterocycles. The summed E-state index contributed by atoms with van der Waals surface area (Å²) in [4.78, 5) is 23.4. The van der Waals surface area contributed by atoms with Crippen molar-refractivity contribution < 1.29 is 8.78 Å². The molecule has 1 N–H and O–H groups in total. The van der Waals surface area contributed by atoms with Crippen LogP contribution < -0.4 is 10.2 Å². The standard InChI is InChI=1S/C18H14F2N8/c1-10(16-22-4-12(20)5-23-16)28-9-25-13-6-24-17(26-18(13)28)14-7-21-15-3-2-11(19)8-27(14)15/h2-8,10,25H,9H2,1H3. The van der Waals surface area contributed by atoms with Gasteiger partial charge >= 0.3 is 0 Å². The van der Waals surface area contributed by atoms with Gasteiger partial charge in [0.15, 0.2) is 23.3 Å². The third kappa shape index (κ3) is 2.61. The van der Waals surface area contributed by atoms with Gasteiger partial charge in [-0.05, 0) is 19.1 Å². The molecule has 4 aromatic rings. The molecular formula is C18H14F2N8. The summed E-state index contributed by atoms with van der Waals surface area (Å²) in [6.45, 7) is 2.40. The number of hydrogen-bond donors (Lipinski definition) is 1. The topological polar surface area (TPSA) is 84.1 Å². The van der Waals surface area contributed by atoms with Crippen molar-refractivity contribution >= 4 is 17.2 Å². The van der Waals surface area contributed by atoms with E-state index in [0.29, 0.717) is 35.5 Å². The van der Waals surface area contributed by atoms with E-state index in [1.165, 1.54) is 12.3 Å². The van der Waals surface area contributed by atoms with Crippen LogP contribution in [-0.2, 0) is 0 Å². The predicted octanol–water partition coefficient (Wildman–Crippen LogP) is 2.81. The summed E-state index contributed by atoms with van der Waals surface area (Å²) in [5.41, 5.74) is 1.94. The summed E-state index contributed by atoms with van der Waals surface area (Å²) in [6.07, 6.45) is 6.91. The zero-order valence-corrected chi connectivity index (χ0v) is 14.7. The highest BCUT2D eigenvalue weighted by Crippen LogP contribution is 2.35. The van der Waals surface area contributed by atoms with Gasteiger partial charge in [-0.3, -0.25) is 4.40 Å². The smallest absolute Gasteiger partial charge is 0.180 e. The largest absolute Gasteiger partial charge is 0.363 e. The Bertz CT molecular complexity index is 1170. The highest BCUT2D eigenvalue weighted by Gasteiger charge is 2.28. The van der Waals surface area contributed by atoms with Crippen LogP contribution in [0.4, 0.5) is 20.3 Å². The van der Waals surface area contributed by atoms with Crippen molar-refractivity contribution in [2.45, 2.75) is 13.0 Å². The number of nitrogens with one attached hydrogen (secondary N) is 1. The summed E-state index contributed by atoms with van der Waals surface area (Å²) in [6, 6.07) is 2.71. The molecule has 0 saturated heterocycles. The van der Waals surface area contributed by atoms with E-state index in [1.54, 1.807) is 22.9 Å². The second-order valence-electron chi connectivity index (χ2n) is 6.39.